The highest BCUT2D eigenvalue weighted by Crippen LogP contribution is 2.20. The van der Waals surface area contributed by atoms with Crippen LogP contribution in [0.3, 0.4) is 0 Å². The predicted octanol–water partition coefficient (Wildman–Crippen LogP) is 4.43. The Morgan fingerprint density at radius 1 is 1.29 bits per heavy atom. The van der Waals surface area contributed by atoms with Gasteiger partial charge in [-0.3, -0.25) is 0 Å². The summed E-state index contributed by atoms with van der Waals surface area (Å²) in [5, 5.41) is 0. The van der Waals surface area contributed by atoms with Crippen LogP contribution in [0, 0.1) is 5.82 Å². The first-order chi connectivity index (χ1) is 8.08. The third kappa shape index (κ3) is 3.70. The van der Waals surface area contributed by atoms with Gasteiger partial charge in [0.25, 0.3) is 0 Å². The molecular formula is C14H17F2N. The Morgan fingerprint density at radius 2 is 1.88 bits per heavy atom. The second kappa shape index (κ2) is 6.18. The summed E-state index contributed by atoms with van der Waals surface area (Å²) in [6.45, 7) is 8.16. The highest BCUT2D eigenvalue weighted by molar-refractivity contribution is 5.53. The Balaban J connectivity index is 2.92. The fraction of sp³-hybridized carbons (Fsp3) is 0.286. The van der Waals surface area contributed by atoms with E-state index in [1.165, 1.54) is 18.2 Å². The average Bonchev–Trinajstić information content (AvgIpc) is 2.32. The van der Waals surface area contributed by atoms with Gasteiger partial charge in [-0.05, 0) is 43.7 Å². The summed E-state index contributed by atoms with van der Waals surface area (Å²) < 4.78 is 26.0. The summed E-state index contributed by atoms with van der Waals surface area (Å²) in [6, 6.07) is 6.07. The van der Waals surface area contributed by atoms with E-state index < -0.39 is 0 Å². The molecule has 1 aromatic carbocycles. The topological polar surface area (TPSA) is 3.24 Å². The zero-order valence-electron chi connectivity index (χ0n) is 10.2. The van der Waals surface area contributed by atoms with Crippen LogP contribution in [-0.4, -0.2) is 6.54 Å². The van der Waals surface area contributed by atoms with Gasteiger partial charge < -0.3 is 4.90 Å². The standard InChI is InChI=1S/C14H17F2N/c1-4-12(15)10-11(3)17(5-2)14-8-6-13(16)7-9-14/h6-10H,3-5H2,1-2H3/b12-10+. The number of anilines is 1. The van der Waals surface area contributed by atoms with Crippen molar-refractivity contribution in [2.45, 2.75) is 20.3 Å². The Labute approximate surface area is 101 Å². The van der Waals surface area contributed by atoms with E-state index in [1.54, 1.807) is 19.1 Å². The van der Waals surface area contributed by atoms with Crippen LogP contribution in [-0.2, 0) is 0 Å². The van der Waals surface area contributed by atoms with Crippen LogP contribution in [0.15, 0.2) is 48.4 Å². The molecule has 0 saturated carbocycles. The van der Waals surface area contributed by atoms with Gasteiger partial charge in [-0.15, -0.1) is 0 Å². The SMILES string of the molecule is C=C(/C=C(/F)CC)N(CC)c1ccc(F)cc1. The summed E-state index contributed by atoms with van der Waals surface area (Å²) in [7, 11) is 0. The molecule has 0 unspecified atom stereocenters. The smallest absolute Gasteiger partial charge is 0.123 e. The highest BCUT2D eigenvalue weighted by Gasteiger charge is 2.07. The van der Waals surface area contributed by atoms with E-state index in [9.17, 15) is 8.78 Å². The molecule has 0 fully saturated rings. The predicted molar refractivity (Wildman–Crippen MR) is 68.0 cm³/mol. The molecule has 0 aliphatic heterocycles. The minimum Gasteiger partial charge on any atom is -0.342 e. The number of hydrogen-bond donors (Lipinski definition) is 0. The third-order valence-electron chi connectivity index (χ3n) is 2.46. The Morgan fingerprint density at radius 3 is 2.35 bits per heavy atom. The molecule has 3 heteroatoms. The number of nitrogens with zero attached hydrogens (tertiary/aromatic N) is 1. The van der Waals surface area contributed by atoms with Gasteiger partial charge in [0.05, 0.1) is 0 Å². The van der Waals surface area contributed by atoms with Gasteiger partial charge in [-0.2, -0.15) is 0 Å². The molecule has 0 aliphatic carbocycles. The van der Waals surface area contributed by atoms with Crippen molar-refractivity contribution in [2.24, 2.45) is 0 Å². The molecule has 0 saturated heterocycles. The van der Waals surface area contributed by atoms with Gasteiger partial charge in [0.15, 0.2) is 0 Å². The van der Waals surface area contributed by atoms with Crippen molar-refractivity contribution in [3.8, 4) is 0 Å². The van der Waals surface area contributed by atoms with Gasteiger partial charge in [-0.1, -0.05) is 13.5 Å². The monoisotopic (exact) mass is 237 g/mol. The van der Waals surface area contributed by atoms with Crippen LogP contribution in [0.1, 0.15) is 20.3 Å². The summed E-state index contributed by atoms with van der Waals surface area (Å²) in [6.07, 6.45) is 1.76. The molecule has 0 amide bonds. The first kappa shape index (κ1) is 13.4. The van der Waals surface area contributed by atoms with Crippen LogP contribution >= 0.6 is 0 Å². The maximum atomic E-state index is 13.2. The fourth-order valence-corrected chi connectivity index (χ4v) is 1.53. The number of hydrogen-bond acceptors (Lipinski definition) is 1. The normalized spacial score (nSPS) is 11.4. The van der Waals surface area contributed by atoms with E-state index in [2.05, 4.69) is 6.58 Å². The number of halogens is 2. The highest BCUT2D eigenvalue weighted by atomic mass is 19.1. The van der Waals surface area contributed by atoms with Gasteiger partial charge in [0.2, 0.25) is 0 Å². The van der Waals surface area contributed by atoms with Crippen LogP contribution in [0.2, 0.25) is 0 Å². The molecular weight excluding hydrogens is 220 g/mol. The molecule has 1 aromatic rings. The summed E-state index contributed by atoms with van der Waals surface area (Å²) in [5.74, 6) is -0.499. The first-order valence-corrected chi connectivity index (χ1v) is 5.66. The van der Waals surface area contributed by atoms with Crippen molar-refractivity contribution in [3.05, 3.63) is 54.3 Å². The Bertz CT molecular complexity index is 407. The van der Waals surface area contributed by atoms with Gasteiger partial charge in [-0.25, -0.2) is 8.78 Å². The van der Waals surface area contributed by atoms with Crippen molar-refractivity contribution < 1.29 is 8.78 Å². The second-order valence-electron chi connectivity index (χ2n) is 3.66. The van der Waals surface area contributed by atoms with E-state index in [4.69, 9.17) is 0 Å². The molecule has 0 N–H and O–H groups in total. The molecule has 0 spiro atoms. The van der Waals surface area contributed by atoms with Crippen LogP contribution in [0.25, 0.3) is 0 Å². The first-order valence-electron chi connectivity index (χ1n) is 5.66. The second-order valence-corrected chi connectivity index (χ2v) is 3.66. The van der Waals surface area contributed by atoms with Crippen molar-refractivity contribution in [1.82, 2.24) is 0 Å². The summed E-state index contributed by atoms with van der Waals surface area (Å²) in [4.78, 5) is 1.83. The lowest BCUT2D eigenvalue weighted by molar-refractivity contribution is 0.602. The number of rotatable bonds is 5. The molecule has 0 aromatic heterocycles. The number of likely N-dealkylation sites (N-methyl/N-ethyl adjacent to an activating group) is 1. The Hall–Kier alpha value is -1.64. The van der Waals surface area contributed by atoms with Crippen molar-refractivity contribution in [2.75, 3.05) is 11.4 Å². The molecule has 17 heavy (non-hydrogen) atoms. The average molecular weight is 237 g/mol. The molecule has 1 nitrogen and oxygen atoms in total. The van der Waals surface area contributed by atoms with Gasteiger partial charge >= 0.3 is 0 Å². The maximum Gasteiger partial charge on any atom is 0.123 e. The largest absolute Gasteiger partial charge is 0.342 e. The van der Waals surface area contributed by atoms with Crippen LogP contribution in [0.5, 0.6) is 0 Å². The zero-order chi connectivity index (χ0) is 12.8. The van der Waals surface area contributed by atoms with Crippen LogP contribution in [0.4, 0.5) is 14.5 Å². The van der Waals surface area contributed by atoms with E-state index in [1.807, 2.05) is 11.8 Å². The van der Waals surface area contributed by atoms with Crippen molar-refractivity contribution >= 4 is 5.69 Å². The summed E-state index contributed by atoms with van der Waals surface area (Å²) >= 11 is 0. The van der Waals surface area contributed by atoms with Crippen LogP contribution < -0.4 is 4.90 Å². The Kier molecular flexibility index (Phi) is 4.88. The minimum atomic E-state index is -0.286. The fourth-order valence-electron chi connectivity index (χ4n) is 1.53. The molecule has 0 atom stereocenters. The van der Waals surface area contributed by atoms with Gasteiger partial charge in [0, 0.05) is 17.9 Å². The maximum absolute atomic E-state index is 13.2. The lowest BCUT2D eigenvalue weighted by Gasteiger charge is -2.23. The molecule has 0 radical (unpaired) electrons. The minimum absolute atomic E-state index is 0.212. The number of allylic oxidation sites excluding steroid dienone is 2. The van der Waals surface area contributed by atoms with E-state index in [-0.39, 0.29) is 11.6 Å². The van der Waals surface area contributed by atoms with Gasteiger partial charge in [0.1, 0.15) is 11.6 Å². The lowest BCUT2D eigenvalue weighted by atomic mass is 10.2. The van der Waals surface area contributed by atoms with E-state index >= 15 is 0 Å². The zero-order valence-corrected chi connectivity index (χ0v) is 10.2. The molecule has 0 bridgehead atoms. The lowest BCUT2D eigenvalue weighted by Crippen LogP contribution is -2.20. The summed E-state index contributed by atoms with van der Waals surface area (Å²) in [5.41, 5.74) is 1.37. The molecule has 0 heterocycles. The molecule has 1 rings (SSSR count). The van der Waals surface area contributed by atoms with E-state index in [0.29, 0.717) is 18.7 Å². The van der Waals surface area contributed by atoms with Crippen molar-refractivity contribution in [3.63, 3.8) is 0 Å². The molecule has 0 aliphatic rings. The quantitative estimate of drug-likeness (QED) is 0.685. The number of benzene rings is 1. The van der Waals surface area contributed by atoms with Crippen molar-refractivity contribution in [1.29, 1.82) is 0 Å². The third-order valence-corrected chi connectivity index (χ3v) is 2.46. The van der Waals surface area contributed by atoms with E-state index in [0.717, 1.165) is 5.69 Å². The molecule has 92 valence electrons.